The zero-order valence-corrected chi connectivity index (χ0v) is 20.2. The number of carbonyl (C=O) groups excluding carboxylic acids is 1. The molecule has 3 rings (SSSR count). The summed E-state index contributed by atoms with van der Waals surface area (Å²) in [6.45, 7) is 3.21. The minimum absolute atomic E-state index is 0.0227. The molecule has 0 bridgehead atoms. The molecule has 2 heterocycles. The fraction of sp³-hybridized carbons (Fsp3) is 0.684. The van der Waals surface area contributed by atoms with E-state index in [1.54, 1.807) is 16.4 Å². The number of thiophene rings is 1. The Balaban J connectivity index is 0.000000479. The lowest BCUT2D eigenvalue weighted by Gasteiger charge is -2.34. The maximum absolute atomic E-state index is 13.2. The third-order valence-electron chi connectivity index (χ3n) is 5.35. The number of halogens is 4. The number of amides is 1. The molecule has 1 amide bonds. The highest BCUT2D eigenvalue weighted by Crippen LogP contribution is 2.32. The van der Waals surface area contributed by atoms with Gasteiger partial charge in [-0.05, 0) is 25.0 Å². The molecule has 1 saturated heterocycles. The van der Waals surface area contributed by atoms with Crippen molar-refractivity contribution in [1.29, 1.82) is 0 Å². The molecular weight excluding hydrogens is 507 g/mol. The van der Waals surface area contributed by atoms with E-state index >= 15 is 0 Å². The Labute approximate surface area is 199 Å². The maximum atomic E-state index is 13.2. The highest BCUT2D eigenvalue weighted by atomic mass is 35.5. The van der Waals surface area contributed by atoms with E-state index in [-0.39, 0.29) is 29.1 Å². The SMILES string of the molecule is O=C(CCN(C1CCCCC1)S(=O)(=O)c1ccc(Cl)s1)N1CCNCC1.O=C(O)C(F)(F)F. The normalized spacial score (nSPS) is 18.0. The molecule has 2 N–H and O–H groups in total. The molecule has 0 atom stereocenters. The molecular formula is C19H27ClF3N3O5S2. The first kappa shape index (κ1) is 27.8. The number of rotatable bonds is 6. The minimum atomic E-state index is -5.08. The van der Waals surface area contributed by atoms with Crippen molar-refractivity contribution in [3.05, 3.63) is 16.5 Å². The largest absolute Gasteiger partial charge is 0.490 e. The van der Waals surface area contributed by atoms with Crippen LogP contribution in [0.25, 0.3) is 0 Å². The summed E-state index contributed by atoms with van der Waals surface area (Å²) < 4.78 is 60.4. The average Bonchev–Trinajstić information content (AvgIpc) is 3.22. The van der Waals surface area contributed by atoms with E-state index in [0.29, 0.717) is 17.4 Å². The molecule has 33 heavy (non-hydrogen) atoms. The summed E-state index contributed by atoms with van der Waals surface area (Å²) >= 11 is 7.04. The number of piperazine rings is 1. The number of nitrogens with zero attached hydrogens (tertiary/aromatic N) is 2. The van der Waals surface area contributed by atoms with Gasteiger partial charge in [0.15, 0.2) is 0 Å². The molecule has 1 aliphatic carbocycles. The predicted octanol–water partition coefficient (Wildman–Crippen LogP) is 3.18. The highest BCUT2D eigenvalue weighted by Gasteiger charge is 2.38. The van der Waals surface area contributed by atoms with Crippen molar-refractivity contribution in [1.82, 2.24) is 14.5 Å². The van der Waals surface area contributed by atoms with Crippen molar-refractivity contribution in [3.8, 4) is 0 Å². The number of carbonyl (C=O) groups is 2. The lowest BCUT2D eigenvalue weighted by molar-refractivity contribution is -0.192. The van der Waals surface area contributed by atoms with Gasteiger partial charge in [0.2, 0.25) is 5.91 Å². The van der Waals surface area contributed by atoms with Crippen LogP contribution in [0.3, 0.4) is 0 Å². The van der Waals surface area contributed by atoms with Crippen LogP contribution in [0.5, 0.6) is 0 Å². The fourth-order valence-electron chi connectivity index (χ4n) is 3.70. The number of carboxylic acids is 1. The molecule has 1 aliphatic heterocycles. The summed E-state index contributed by atoms with van der Waals surface area (Å²) in [6.07, 6.45) is 0.0886. The van der Waals surface area contributed by atoms with E-state index < -0.39 is 22.2 Å². The van der Waals surface area contributed by atoms with Gasteiger partial charge in [0.1, 0.15) is 4.21 Å². The van der Waals surface area contributed by atoms with E-state index in [1.807, 2.05) is 4.90 Å². The Hall–Kier alpha value is -1.41. The third-order valence-corrected chi connectivity index (χ3v) is 9.00. The monoisotopic (exact) mass is 533 g/mol. The van der Waals surface area contributed by atoms with Gasteiger partial charge in [-0.1, -0.05) is 30.9 Å². The number of nitrogens with one attached hydrogen (secondary N) is 1. The smallest absolute Gasteiger partial charge is 0.475 e. The molecule has 2 fully saturated rings. The lowest BCUT2D eigenvalue weighted by atomic mass is 9.95. The second-order valence-electron chi connectivity index (χ2n) is 7.65. The molecule has 1 aromatic rings. The quantitative estimate of drug-likeness (QED) is 0.581. The number of hydrogen-bond acceptors (Lipinski definition) is 6. The van der Waals surface area contributed by atoms with E-state index in [0.717, 1.165) is 56.5 Å². The van der Waals surface area contributed by atoms with E-state index in [2.05, 4.69) is 5.32 Å². The van der Waals surface area contributed by atoms with Crippen molar-refractivity contribution in [3.63, 3.8) is 0 Å². The topological polar surface area (TPSA) is 107 Å². The van der Waals surface area contributed by atoms with Gasteiger partial charge in [0.25, 0.3) is 10.0 Å². The van der Waals surface area contributed by atoms with Crippen LogP contribution >= 0.6 is 22.9 Å². The summed E-state index contributed by atoms with van der Waals surface area (Å²) in [5.41, 5.74) is 0. The van der Waals surface area contributed by atoms with E-state index in [9.17, 15) is 26.4 Å². The molecule has 2 aliphatic rings. The standard InChI is InChI=1S/C17H26ClN3O3S2.C2HF3O2/c18-15-6-7-17(25-15)26(23,24)21(14-4-2-1-3-5-14)11-8-16(22)20-12-9-19-10-13-20;3-2(4,5)1(6)7/h6-7,14,19H,1-5,8-13H2;(H,6,7). The summed E-state index contributed by atoms with van der Waals surface area (Å²) in [5, 5.41) is 10.3. The Morgan fingerprint density at radius 1 is 1.18 bits per heavy atom. The molecule has 1 aromatic heterocycles. The van der Waals surface area contributed by atoms with Crippen LogP contribution in [0.1, 0.15) is 38.5 Å². The van der Waals surface area contributed by atoms with Gasteiger partial charge in [-0.15, -0.1) is 11.3 Å². The summed E-state index contributed by atoms with van der Waals surface area (Å²) in [4.78, 5) is 23.2. The lowest BCUT2D eigenvalue weighted by Crippen LogP contribution is -2.48. The van der Waals surface area contributed by atoms with E-state index in [1.165, 1.54) is 0 Å². The summed E-state index contributed by atoms with van der Waals surface area (Å²) in [7, 11) is -3.62. The number of aliphatic carboxylic acids is 1. The number of alkyl halides is 3. The molecule has 8 nitrogen and oxygen atoms in total. The van der Waals surface area contributed by atoms with Crippen molar-refractivity contribution < 1.29 is 36.3 Å². The number of carboxylic acid groups (broad SMARTS) is 1. The first-order valence-corrected chi connectivity index (χ1v) is 13.1. The average molecular weight is 534 g/mol. The first-order chi connectivity index (χ1) is 15.4. The van der Waals surface area contributed by atoms with Crippen molar-refractivity contribution in [2.75, 3.05) is 32.7 Å². The fourth-order valence-corrected chi connectivity index (χ4v) is 7.00. The number of hydrogen-bond donors (Lipinski definition) is 2. The highest BCUT2D eigenvalue weighted by molar-refractivity contribution is 7.91. The van der Waals surface area contributed by atoms with Gasteiger partial charge in [-0.3, -0.25) is 4.79 Å². The van der Waals surface area contributed by atoms with Crippen molar-refractivity contribution >= 4 is 44.8 Å². The van der Waals surface area contributed by atoms with Crippen LogP contribution in [0.2, 0.25) is 4.34 Å². The van der Waals surface area contributed by atoms with Crippen LogP contribution in [0, 0.1) is 0 Å². The van der Waals surface area contributed by atoms with Gasteiger partial charge >= 0.3 is 12.1 Å². The summed E-state index contributed by atoms with van der Waals surface area (Å²) in [6, 6.07) is 3.16. The van der Waals surface area contributed by atoms with Gasteiger partial charge in [-0.25, -0.2) is 13.2 Å². The molecule has 188 valence electrons. The second kappa shape index (κ2) is 12.3. The summed E-state index contributed by atoms with van der Waals surface area (Å²) in [5.74, 6) is -2.72. The van der Waals surface area contributed by atoms with Crippen LogP contribution in [0.15, 0.2) is 16.3 Å². The van der Waals surface area contributed by atoms with Crippen molar-refractivity contribution in [2.24, 2.45) is 0 Å². The Morgan fingerprint density at radius 3 is 2.24 bits per heavy atom. The predicted molar refractivity (Wildman–Crippen MR) is 118 cm³/mol. The molecule has 14 heteroatoms. The van der Waals surface area contributed by atoms with Gasteiger partial charge in [0.05, 0.1) is 4.34 Å². The zero-order chi connectivity index (χ0) is 24.6. The van der Waals surface area contributed by atoms with Crippen LogP contribution in [0.4, 0.5) is 13.2 Å². The molecule has 0 radical (unpaired) electrons. The van der Waals surface area contributed by atoms with Gasteiger partial charge in [0, 0.05) is 45.2 Å². The second-order valence-corrected chi connectivity index (χ2v) is 11.5. The van der Waals surface area contributed by atoms with Gasteiger partial charge in [-0.2, -0.15) is 17.5 Å². The Kier molecular flexibility index (Phi) is 10.4. The molecule has 0 aromatic carbocycles. The van der Waals surface area contributed by atoms with Gasteiger partial charge < -0.3 is 15.3 Å². The molecule has 0 spiro atoms. The Bertz CT molecular complexity index is 899. The first-order valence-electron chi connectivity index (χ1n) is 10.5. The minimum Gasteiger partial charge on any atom is -0.475 e. The molecule has 0 unspecified atom stereocenters. The van der Waals surface area contributed by atoms with Crippen molar-refractivity contribution in [2.45, 2.75) is 55.0 Å². The zero-order valence-electron chi connectivity index (χ0n) is 17.8. The maximum Gasteiger partial charge on any atom is 0.490 e. The van der Waals surface area contributed by atoms with Crippen LogP contribution in [-0.2, 0) is 19.6 Å². The van der Waals surface area contributed by atoms with E-state index in [4.69, 9.17) is 21.5 Å². The number of sulfonamides is 1. The molecule has 1 saturated carbocycles. The van der Waals surface area contributed by atoms with Crippen LogP contribution < -0.4 is 5.32 Å². The van der Waals surface area contributed by atoms with Crippen LogP contribution in [-0.4, -0.2) is 79.5 Å². The Morgan fingerprint density at radius 2 is 1.76 bits per heavy atom. The third kappa shape index (κ3) is 8.39.